The Kier molecular flexibility index (Phi) is 2.59. The maximum atomic E-state index is 11.4. The molecule has 0 unspecified atom stereocenters. The lowest BCUT2D eigenvalue weighted by Crippen LogP contribution is -2.30. The van der Waals surface area contributed by atoms with Crippen molar-refractivity contribution < 1.29 is 14.7 Å². The van der Waals surface area contributed by atoms with E-state index in [9.17, 15) is 9.59 Å². The number of amides is 2. The summed E-state index contributed by atoms with van der Waals surface area (Å²) in [7, 11) is 0. The molecule has 3 N–H and O–H groups in total. The van der Waals surface area contributed by atoms with Crippen molar-refractivity contribution in [2.24, 2.45) is 0 Å². The van der Waals surface area contributed by atoms with Crippen LogP contribution in [0.2, 0.25) is 0 Å². The first-order valence-electron chi connectivity index (χ1n) is 4.53. The molecule has 5 nitrogen and oxygen atoms in total. The van der Waals surface area contributed by atoms with Crippen LogP contribution in [0.5, 0.6) is 0 Å². The molecule has 15 heavy (non-hydrogen) atoms. The summed E-state index contributed by atoms with van der Waals surface area (Å²) in [4.78, 5) is 23.6. The van der Waals surface area contributed by atoms with E-state index < -0.39 is 6.09 Å². The molecule has 2 amide bonds. The monoisotopic (exact) mass is 226 g/mol. The summed E-state index contributed by atoms with van der Waals surface area (Å²) in [5.74, 6) is -0.0610. The van der Waals surface area contributed by atoms with Crippen LogP contribution < -0.4 is 10.6 Å². The SMILES string of the molecule is O=C(O)NCc1cc2c(s1)CCNC2=O. The van der Waals surface area contributed by atoms with Crippen LogP contribution in [-0.4, -0.2) is 23.7 Å². The van der Waals surface area contributed by atoms with Gasteiger partial charge in [0.1, 0.15) is 0 Å². The molecule has 1 aromatic rings. The minimum atomic E-state index is -1.05. The number of nitrogens with one attached hydrogen (secondary N) is 2. The Labute approximate surface area is 90.1 Å². The van der Waals surface area contributed by atoms with Gasteiger partial charge in [-0.25, -0.2) is 4.79 Å². The quantitative estimate of drug-likeness (QED) is 0.698. The van der Waals surface area contributed by atoms with Crippen molar-refractivity contribution in [1.29, 1.82) is 0 Å². The molecule has 0 aliphatic carbocycles. The molecule has 0 bridgehead atoms. The van der Waals surface area contributed by atoms with E-state index in [4.69, 9.17) is 5.11 Å². The summed E-state index contributed by atoms with van der Waals surface area (Å²) in [5, 5.41) is 13.5. The third kappa shape index (κ3) is 2.10. The number of hydrogen-bond donors (Lipinski definition) is 3. The average molecular weight is 226 g/mol. The first-order chi connectivity index (χ1) is 7.16. The molecule has 1 aliphatic rings. The first-order valence-corrected chi connectivity index (χ1v) is 5.35. The molecule has 0 fully saturated rings. The molecule has 2 heterocycles. The van der Waals surface area contributed by atoms with Gasteiger partial charge in [0.25, 0.3) is 5.91 Å². The Balaban J connectivity index is 2.14. The van der Waals surface area contributed by atoms with E-state index >= 15 is 0 Å². The normalized spacial score (nSPS) is 14.3. The van der Waals surface area contributed by atoms with Crippen LogP contribution in [0.3, 0.4) is 0 Å². The summed E-state index contributed by atoms with van der Waals surface area (Å²) < 4.78 is 0. The molecule has 0 atom stereocenters. The molecule has 6 heteroatoms. The Morgan fingerprint density at radius 3 is 3.13 bits per heavy atom. The van der Waals surface area contributed by atoms with E-state index in [0.29, 0.717) is 12.1 Å². The summed E-state index contributed by atoms with van der Waals surface area (Å²) in [5.41, 5.74) is 0.688. The summed E-state index contributed by atoms with van der Waals surface area (Å²) >= 11 is 1.49. The highest BCUT2D eigenvalue weighted by molar-refractivity contribution is 7.12. The Morgan fingerprint density at radius 2 is 2.47 bits per heavy atom. The molecular formula is C9H10N2O3S. The van der Waals surface area contributed by atoms with Crippen molar-refractivity contribution in [3.63, 3.8) is 0 Å². The zero-order valence-corrected chi connectivity index (χ0v) is 8.69. The molecule has 0 aromatic carbocycles. The standard InChI is InChI=1S/C9H10N2O3S/c12-8-6-3-5(4-11-9(13)14)15-7(6)1-2-10-8/h3,11H,1-2,4H2,(H,10,12)(H,13,14). The van der Waals surface area contributed by atoms with Crippen LogP contribution in [0.1, 0.15) is 20.1 Å². The van der Waals surface area contributed by atoms with Crippen LogP contribution in [0.15, 0.2) is 6.07 Å². The summed E-state index contributed by atoms with van der Waals surface area (Å²) in [6.45, 7) is 0.929. The topological polar surface area (TPSA) is 78.4 Å². The molecule has 80 valence electrons. The van der Waals surface area contributed by atoms with Gasteiger partial charge in [0.2, 0.25) is 0 Å². The van der Waals surface area contributed by atoms with E-state index in [0.717, 1.165) is 16.2 Å². The lowest BCUT2D eigenvalue weighted by atomic mass is 10.1. The number of fused-ring (bicyclic) bond motifs is 1. The van der Waals surface area contributed by atoms with Crippen molar-refractivity contribution >= 4 is 23.3 Å². The van der Waals surface area contributed by atoms with E-state index in [1.807, 2.05) is 0 Å². The highest BCUT2D eigenvalue weighted by Gasteiger charge is 2.19. The number of carbonyl (C=O) groups is 2. The maximum Gasteiger partial charge on any atom is 0.404 e. The molecule has 0 radical (unpaired) electrons. The first kappa shape index (κ1) is 9.97. The highest BCUT2D eigenvalue weighted by Crippen LogP contribution is 2.25. The van der Waals surface area contributed by atoms with Crippen molar-refractivity contribution in [3.8, 4) is 0 Å². The van der Waals surface area contributed by atoms with Gasteiger partial charge in [0.15, 0.2) is 0 Å². The zero-order chi connectivity index (χ0) is 10.8. The second-order valence-corrected chi connectivity index (χ2v) is 4.44. The van der Waals surface area contributed by atoms with Gasteiger partial charge in [-0.05, 0) is 12.5 Å². The van der Waals surface area contributed by atoms with Crippen molar-refractivity contribution in [2.45, 2.75) is 13.0 Å². The van der Waals surface area contributed by atoms with Crippen molar-refractivity contribution in [2.75, 3.05) is 6.54 Å². The van der Waals surface area contributed by atoms with Crippen LogP contribution in [0.4, 0.5) is 4.79 Å². The summed E-state index contributed by atoms with van der Waals surface area (Å²) in [6, 6.07) is 1.75. The second kappa shape index (κ2) is 3.90. The molecule has 1 aromatic heterocycles. The van der Waals surface area contributed by atoms with Crippen LogP contribution in [0, 0.1) is 0 Å². The van der Waals surface area contributed by atoms with Crippen LogP contribution in [0.25, 0.3) is 0 Å². The predicted octanol–water partition coefficient (Wildman–Crippen LogP) is 0.802. The van der Waals surface area contributed by atoms with E-state index in [1.54, 1.807) is 6.07 Å². The number of hydrogen-bond acceptors (Lipinski definition) is 3. The van der Waals surface area contributed by atoms with Gasteiger partial charge in [0, 0.05) is 16.3 Å². The van der Waals surface area contributed by atoms with E-state index in [-0.39, 0.29) is 12.5 Å². The van der Waals surface area contributed by atoms with Gasteiger partial charge in [-0.15, -0.1) is 11.3 Å². The average Bonchev–Trinajstić information content (AvgIpc) is 2.59. The third-order valence-electron chi connectivity index (χ3n) is 2.16. The third-order valence-corrected chi connectivity index (χ3v) is 3.35. The smallest absolute Gasteiger partial charge is 0.404 e. The highest BCUT2D eigenvalue weighted by atomic mass is 32.1. The molecule has 0 saturated heterocycles. The van der Waals surface area contributed by atoms with E-state index in [1.165, 1.54) is 11.3 Å². The predicted molar refractivity (Wildman–Crippen MR) is 55.2 cm³/mol. The molecule has 1 aliphatic heterocycles. The Morgan fingerprint density at radius 1 is 1.67 bits per heavy atom. The number of thiophene rings is 1. The van der Waals surface area contributed by atoms with Crippen LogP contribution >= 0.6 is 11.3 Å². The molecule has 0 saturated carbocycles. The number of carboxylic acid groups (broad SMARTS) is 1. The van der Waals surface area contributed by atoms with Gasteiger partial charge in [-0.3, -0.25) is 4.79 Å². The fourth-order valence-electron chi connectivity index (χ4n) is 1.50. The molecule has 0 spiro atoms. The van der Waals surface area contributed by atoms with E-state index in [2.05, 4.69) is 10.6 Å². The fraction of sp³-hybridized carbons (Fsp3) is 0.333. The Bertz CT molecular complexity index is 413. The largest absolute Gasteiger partial charge is 0.465 e. The molecule has 2 rings (SSSR count). The van der Waals surface area contributed by atoms with Crippen LogP contribution in [-0.2, 0) is 13.0 Å². The molecular weight excluding hydrogens is 216 g/mol. The van der Waals surface area contributed by atoms with Gasteiger partial charge >= 0.3 is 6.09 Å². The van der Waals surface area contributed by atoms with Crippen molar-refractivity contribution in [1.82, 2.24) is 10.6 Å². The summed E-state index contributed by atoms with van der Waals surface area (Å²) in [6.07, 6.45) is -0.218. The Hall–Kier alpha value is -1.56. The van der Waals surface area contributed by atoms with Crippen molar-refractivity contribution in [3.05, 3.63) is 21.4 Å². The zero-order valence-electron chi connectivity index (χ0n) is 7.87. The second-order valence-electron chi connectivity index (χ2n) is 3.21. The number of rotatable bonds is 2. The van der Waals surface area contributed by atoms with Gasteiger partial charge in [0.05, 0.1) is 12.1 Å². The minimum absolute atomic E-state index is 0.0610. The number of carbonyl (C=O) groups excluding carboxylic acids is 1. The minimum Gasteiger partial charge on any atom is -0.465 e. The van der Waals surface area contributed by atoms with Gasteiger partial charge < -0.3 is 15.7 Å². The lowest BCUT2D eigenvalue weighted by molar-refractivity contribution is 0.0947. The van der Waals surface area contributed by atoms with Gasteiger partial charge in [-0.2, -0.15) is 0 Å². The lowest BCUT2D eigenvalue weighted by Gasteiger charge is -2.10. The fourth-order valence-corrected chi connectivity index (χ4v) is 2.60. The maximum absolute atomic E-state index is 11.4. The van der Waals surface area contributed by atoms with Gasteiger partial charge in [-0.1, -0.05) is 0 Å².